The Hall–Kier alpha value is -0.710. The third kappa shape index (κ3) is 1.39. The van der Waals surface area contributed by atoms with Gasteiger partial charge in [-0.1, -0.05) is 6.92 Å². The van der Waals surface area contributed by atoms with Gasteiger partial charge in [0.05, 0.1) is 6.54 Å². The highest BCUT2D eigenvalue weighted by Gasteiger charge is 2.53. The van der Waals surface area contributed by atoms with Crippen molar-refractivity contribution in [2.45, 2.75) is 26.1 Å². The second-order valence-electron chi connectivity index (χ2n) is 4.11. The van der Waals surface area contributed by atoms with E-state index < -0.39 is 6.30 Å². The number of halogens is 3. The summed E-state index contributed by atoms with van der Waals surface area (Å²) < 4.78 is 37.9. The van der Waals surface area contributed by atoms with Gasteiger partial charge in [0.25, 0.3) is 0 Å². The summed E-state index contributed by atoms with van der Waals surface area (Å²) in [6, 6.07) is 0. The summed E-state index contributed by atoms with van der Waals surface area (Å²) in [5.41, 5.74) is 0.101. The van der Waals surface area contributed by atoms with E-state index in [0.29, 0.717) is 10.7 Å². The van der Waals surface area contributed by atoms with Crippen LogP contribution in [-0.2, 0) is 0 Å². The number of likely N-dealkylation sites (N-methyl/N-ethyl adjacent to an activating group) is 1. The zero-order valence-electron chi connectivity index (χ0n) is 8.10. The quantitative estimate of drug-likeness (QED) is 0.607. The van der Waals surface area contributed by atoms with Crippen LogP contribution in [0, 0.1) is 12.0 Å². The topological polar surface area (TPSA) is 6.48 Å². The summed E-state index contributed by atoms with van der Waals surface area (Å²) >= 11 is 0. The first-order valence-corrected chi connectivity index (χ1v) is 4.50. The number of hydrogen-bond acceptors (Lipinski definition) is 2. The number of allylic oxidation sites excluding steroid dienone is 1. The van der Waals surface area contributed by atoms with Gasteiger partial charge in [0.2, 0.25) is 0 Å². The molecule has 0 bridgehead atoms. The minimum atomic E-state index is -4.32. The zero-order chi connectivity index (χ0) is 10.6. The predicted molar refractivity (Wildman–Crippen MR) is 45.4 cm³/mol. The zero-order valence-corrected chi connectivity index (χ0v) is 8.10. The van der Waals surface area contributed by atoms with Crippen molar-refractivity contribution in [1.82, 2.24) is 10.0 Å². The second-order valence-corrected chi connectivity index (χ2v) is 4.11. The van der Waals surface area contributed by atoms with Gasteiger partial charge in [0.15, 0.2) is 0 Å². The fourth-order valence-electron chi connectivity index (χ4n) is 1.70. The van der Waals surface area contributed by atoms with E-state index in [2.05, 4.69) is 0 Å². The fraction of sp³-hybridized carbons (Fsp3) is 0.667. The molecule has 79 valence electrons. The molecular formula is C9H12F3N2. The van der Waals surface area contributed by atoms with E-state index in [-0.39, 0.29) is 5.41 Å². The van der Waals surface area contributed by atoms with E-state index in [0.717, 1.165) is 17.9 Å². The van der Waals surface area contributed by atoms with Gasteiger partial charge in [0, 0.05) is 18.2 Å². The highest BCUT2D eigenvalue weighted by molar-refractivity contribution is 5.25. The minimum Gasteiger partial charge on any atom is -0.217 e. The Morgan fingerprint density at radius 3 is 2.36 bits per heavy atom. The lowest BCUT2D eigenvalue weighted by Crippen LogP contribution is -2.45. The van der Waals surface area contributed by atoms with Gasteiger partial charge in [0.1, 0.15) is 0 Å². The van der Waals surface area contributed by atoms with E-state index >= 15 is 0 Å². The second kappa shape index (κ2) is 2.66. The Bertz CT molecular complexity index is 278. The molecule has 0 unspecified atom stereocenters. The molecule has 0 aromatic rings. The maximum atomic E-state index is 12.6. The number of hydrazine groups is 1. The van der Waals surface area contributed by atoms with Crippen LogP contribution in [0.25, 0.3) is 0 Å². The summed E-state index contributed by atoms with van der Waals surface area (Å²) in [5.74, 6) is 0. The molecule has 5 heteroatoms. The maximum absolute atomic E-state index is 12.6. The Morgan fingerprint density at radius 2 is 1.93 bits per heavy atom. The SMILES string of the molecule is CN1[CH]C=C(C2(C)CC2)N1C(F)(F)F. The largest absolute Gasteiger partial charge is 0.498 e. The summed E-state index contributed by atoms with van der Waals surface area (Å²) in [6.45, 7) is 3.32. The van der Waals surface area contributed by atoms with Gasteiger partial charge in [-0.25, -0.2) is 10.0 Å². The van der Waals surface area contributed by atoms with E-state index in [4.69, 9.17) is 0 Å². The molecule has 1 saturated carbocycles. The molecule has 14 heavy (non-hydrogen) atoms. The average molecular weight is 205 g/mol. The third-order valence-electron chi connectivity index (χ3n) is 2.85. The molecule has 0 saturated heterocycles. The molecule has 2 nitrogen and oxygen atoms in total. The standard InChI is InChI=1S/C9H12F3N2/c1-8(4-5-8)7-3-6-13(2)14(7)9(10,11)12/h3,6H,4-5H2,1-2H3. The monoisotopic (exact) mass is 205 g/mol. The van der Waals surface area contributed by atoms with Crippen LogP contribution in [0.1, 0.15) is 19.8 Å². The molecule has 2 aliphatic rings. The normalized spacial score (nSPS) is 26.6. The fourth-order valence-corrected chi connectivity index (χ4v) is 1.70. The summed E-state index contributed by atoms with van der Waals surface area (Å²) in [5, 5.41) is 1.50. The van der Waals surface area contributed by atoms with Crippen molar-refractivity contribution in [3.8, 4) is 0 Å². The van der Waals surface area contributed by atoms with Gasteiger partial charge >= 0.3 is 6.30 Å². The maximum Gasteiger partial charge on any atom is 0.498 e. The van der Waals surface area contributed by atoms with Crippen molar-refractivity contribution in [3.63, 3.8) is 0 Å². The van der Waals surface area contributed by atoms with Gasteiger partial charge < -0.3 is 0 Å². The molecular weight excluding hydrogens is 193 g/mol. The molecule has 1 aliphatic heterocycles. The van der Waals surface area contributed by atoms with Crippen LogP contribution in [-0.4, -0.2) is 23.4 Å². The summed E-state index contributed by atoms with van der Waals surface area (Å²) in [6.07, 6.45) is -1.08. The molecule has 0 amide bonds. The van der Waals surface area contributed by atoms with Crippen molar-refractivity contribution in [2.24, 2.45) is 5.41 Å². The molecule has 1 fully saturated rings. The van der Waals surface area contributed by atoms with Crippen LogP contribution in [0.4, 0.5) is 13.2 Å². The molecule has 1 radical (unpaired) electrons. The Balaban J connectivity index is 2.25. The molecule has 0 aromatic heterocycles. The highest BCUT2D eigenvalue weighted by atomic mass is 19.4. The lowest BCUT2D eigenvalue weighted by atomic mass is 10.1. The summed E-state index contributed by atoms with van der Waals surface area (Å²) in [7, 11) is 1.41. The predicted octanol–water partition coefficient (Wildman–Crippen LogP) is 2.51. The van der Waals surface area contributed by atoms with Crippen molar-refractivity contribution >= 4 is 0 Å². The number of nitrogens with zero attached hydrogens (tertiary/aromatic N) is 2. The van der Waals surface area contributed by atoms with Crippen LogP contribution in [0.2, 0.25) is 0 Å². The van der Waals surface area contributed by atoms with E-state index in [1.54, 1.807) is 6.08 Å². The van der Waals surface area contributed by atoms with Crippen molar-refractivity contribution in [2.75, 3.05) is 7.05 Å². The molecule has 0 N–H and O–H groups in total. The Labute approximate surface area is 80.9 Å². The number of rotatable bonds is 1. The molecule has 1 aliphatic carbocycles. The summed E-state index contributed by atoms with van der Waals surface area (Å²) in [4.78, 5) is 0. The van der Waals surface area contributed by atoms with Gasteiger partial charge in [-0.3, -0.25) is 0 Å². The van der Waals surface area contributed by atoms with Crippen molar-refractivity contribution in [1.29, 1.82) is 0 Å². The van der Waals surface area contributed by atoms with Crippen LogP contribution in [0.15, 0.2) is 11.8 Å². The first-order chi connectivity index (χ1) is 6.34. The highest BCUT2D eigenvalue weighted by Crippen LogP contribution is 2.55. The van der Waals surface area contributed by atoms with Crippen molar-refractivity contribution in [3.05, 3.63) is 18.3 Å². The smallest absolute Gasteiger partial charge is 0.217 e. The van der Waals surface area contributed by atoms with Gasteiger partial charge in [-0.15, -0.1) is 13.2 Å². The molecule has 0 aromatic carbocycles. The van der Waals surface area contributed by atoms with Crippen LogP contribution in [0.5, 0.6) is 0 Å². The first-order valence-electron chi connectivity index (χ1n) is 4.50. The average Bonchev–Trinajstić information content (AvgIpc) is 2.60. The van der Waals surface area contributed by atoms with Crippen LogP contribution >= 0.6 is 0 Å². The Morgan fingerprint density at radius 1 is 1.36 bits per heavy atom. The van der Waals surface area contributed by atoms with Crippen LogP contribution in [0.3, 0.4) is 0 Å². The van der Waals surface area contributed by atoms with E-state index in [1.165, 1.54) is 13.6 Å². The van der Waals surface area contributed by atoms with E-state index in [9.17, 15) is 13.2 Å². The molecule has 0 atom stereocenters. The lowest BCUT2D eigenvalue weighted by Gasteiger charge is -2.33. The number of alkyl halides is 3. The Kier molecular flexibility index (Phi) is 1.86. The van der Waals surface area contributed by atoms with Gasteiger partial charge in [-0.05, 0) is 18.9 Å². The lowest BCUT2D eigenvalue weighted by molar-refractivity contribution is -0.284. The van der Waals surface area contributed by atoms with Crippen molar-refractivity contribution < 1.29 is 13.2 Å². The van der Waals surface area contributed by atoms with Gasteiger partial charge in [-0.2, -0.15) is 0 Å². The van der Waals surface area contributed by atoms with Crippen LogP contribution < -0.4 is 0 Å². The number of hydrogen-bond donors (Lipinski definition) is 0. The molecule has 1 heterocycles. The molecule has 2 rings (SSSR count). The third-order valence-corrected chi connectivity index (χ3v) is 2.85. The minimum absolute atomic E-state index is 0.267. The molecule has 0 spiro atoms. The van der Waals surface area contributed by atoms with E-state index in [1.807, 2.05) is 6.92 Å². The first kappa shape index (κ1) is 9.83.